The van der Waals surface area contributed by atoms with E-state index in [0.717, 1.165) is 0 Å². The number of rotatable bonds is 6. The van der Waals surface area contributed by atoms with Crippen LogP contribution in [0.1, 0.15) is 39.8 Å². The van der Waals surface area contributed by atoms with E-state index in [-0.39, 0.29) is 30.3 Å². The van der Waals surface area contributed by atoms with E-state index in [1.165, 1.54) is 6.07 Å². The Balaban J connectivity index is 2.01. The molecular weight excluding hydrogens is 344 g/mol. The zero-order valence-corrected chi connectivity index (χ0v) is 16.2. The van der Waals surface area contributed by atoms with Gasteiger partial charge in [0.15, 0.2) is 0 Å². The van der Waals surface area contributed by atoms with Gasteiger partial charge in [-0.05, 0) is 18.6 Å². The molecule has 0 aliphatic heterocycles. The number of benzene rings is 1. The summed E-state index contributed by atoms with van der Waals surface area (Å²) in [6, 6.07) is 8.59. The number of aromatic nitrogens is 2. The van der Waals surface area contributed by atoms with Gasteiger partial charge in [-0.3, -0.25) is 14.4 Å². The summed E-state index contributed by atoms with van der Waals surface area (Å²) in [4.78, 5) is 42.8. The highest BCUT2D eigenvalue weighted by molar-refractivity contribution is 5.92. The Morgan fingerprint density at radius 2 is 1.93 bits per heavy atom. The van der Waals surface area contributed by atoms with E-state index in [1.54, 1.807) is 18.2 Å². The predicted molar refractivity (Wildman–Crippen MR) is 105 cm³/mol. The van der Waals surface area contributed by atoms with E-state index < -0.39 is 5.41 Å². The molecule has 0 saturated carbocycles. The molecule has 0 aliphatic rings. The number of amides is 2. The maximum Gasteiger partial charge on any atom is 0.251 e. The van der Waals surface area contributed by atoms with Gasteiger partial charge in [-0.1, -0.05) is 39.8 Å². The second-order valence-electron chi connectivity index (χ2n) is 7.32. The number of anilines is 1. The van der Waals surface area contributed by atoms with Crippen LogP contribution in [0, 0.1) is 5.41 Å². The van der Waals surface area contributed by atoms with Crippen molar-refractivity contribution in [2.45, 2.75) is 40.5 Å². The van der Waals surface area contributed by atoms with Crippen molar-refractivity contribution >= 4 is 17.5 Å². The summed E-state index contributed by atoms with van der Waals surface area (Å²) >= 11 is 0. The van der Waals surface area contributed by atoms with Crippen LogP contribution < -0.4 is 16.2 Å². The SMILES string of the molecule is CCc1cc(=O)[nH]c(-c2cccc(NC(=O)CCNC(=O)C(C)(C)C)c2)n1. The molecule has 2 amide bonds. The Morgan fingerprint density at radius 3 is 2.59 bits per heavy atom. The number of carbonyl (C=O) groups is 2. The third-order valence-electron chi connectivity index (χ3n) is 3.90. The Labute approximate surface area is 158 Å². The zero-order valence-electron chi connectivity index (χ0n) is 16.2. The number of nitrogens with one attached hydrogen (secondary N) is 3. The Kier molecular flexibility index (Phi) is 6.50. The van der Waals surface area contributed by atoms with Crippen molar-refractivity contribution in [1.29, 1.82) is 0 Å². The Hall–Kier alpha value is -2.96. The zero-order chi connectivity index (χ0) is 20.0. The molecule has 1 heterocycles. The average molecular weight is 370 g/mol. The second kappa shape index (κ2) is 8.62. The highest BCUT2D eigenvalue weighted by Crippen LogP contribution is 2.19. The van der Waals surface area contributed by atoms with E-state index in [2.05, 4.69) is 20.6 Å². The minimum atomic E-state index is -0.484. The number of hydrogen-bond donors (Lipinski definition) is 3. The summed E-state index contributed by atoms with van der Waals surface area (Å²) in [5, 5.41) is 5.54. The van der Waals surface area contributed by atoms with Crippen LogP contribution in [0.25, 0.3) is 11.4 Å². The Morgan fingerprint density at radius 1 is 1.19 bits per heavy atom. The van der Waals surface area contributed by atoms with Crippen molar-refractivity contribution in [1.82, 2.24) is 15.3 Å². The summed E-state index contributed by atoms with van der Waals surface area (Å²) in [5.74, 6) is 0.168. The number of hydrogen-bond acceptors (Lipinski definition) is 4. The number of H-pyrrole nitrogens is 1. The van der Waals surface area contributed by atoms with Crippen LogP contribution in [-0.2, 0) is 16.0 Å². The van der Waals surface area contributed by atoms with Gasteiger partial charge in [-0.25, -0.2) is 4.98 Å². The molecule has 0 radical (unpaired) electrons. The number of aryl methyl sites for hydroxylation is 1. The maximum absolute atomic E-state index is 12.1. The minimum Gasteiger partial charge on any atom is -0.355 e. The van der Waals surface area contributed by atoms with Gasteiger partial charge in [0.2, 0.25) is 11.8 Å². The lowest BCUT2D eigenvalue weighted by Crippen LogP contribution is -2.36. The number of aromatic amines is 1. The Bertz CT molecular complexity index is 881. The first-order valence-electron chi connectivity index (χ1n) is 8.98. The number of carbonyl (C=O) groups excluding carboxylic acids is 2. The van der Waals surface area contributed by atoms with E-state index in [0.29, 0.717) is 29.2 Å². The van der Waals surface area contributed by atoms with Gasteiger partial charge in [0, 0.05) is 41.4 Å². The van der Waals surface area contributed by atoms with Crippen LogP contribution in [0.15, 0.2) is 35.1 Å². The highest BCUT2D eigenvalue weighted by atomic mass is 16.2. The normalized spacial score (nSPS) is 11.1. The molecular formula is C20H26N4O3. The summed E-state index contributed by atoms with van der Waals surface area (Å²) in [7, 11) is 0. The maximum atomic E-state index is 12.1. The third-order valence-corrected chi connectivity index (χ3v) is 3.90. The molecule has 0 bridgehead atoms. The fourth-order valence-electron chi connectivity index (χ4n) is 2.35. The molecule has 7 nitrogen and oxygen atoms in total. The van der Waals surface area contributed by atoms with Crippen LogP contribution in [-0.4, -0.2) is 28.3 Å². The van der Waals surface area contributed by atoms with Gasteiger partial charge in [-0.15, -0.1) is 0 Å². The van der Waals surface area contributed by atoms with Gasteiger partial charge in [0.25, 0.3) is 5.56 Å². The third kappa shape index (κ3) is 6.06. The van der Waals surface area contributed by atoms with Crippen LogP contribution in [0.3, 0.4) is 0 Å². The van der Waals surface area contributed by atoms with E-state index in [9.17, 15) is 14.4 Å². The molecule has 0 fully saturated rings. The summed E-state index contributed by atoms with van der Waals surface area (Å²) in [5.41, 5.74) is 1.32. The molecule has 0 unspecified atom stereocenters. The van der Waals surface area contributed by atoms with Crippen molar-refractivity contribution in [3.05, 3.63) is 46.4 Å². The first-order valence-corrected chi connectivity index (χ1v) is 8.98. The van der Waals surface area contributed by atoms with Crippen molar-refractivity contribution in [3.8, 4) is 11.4 Å². The molecule has 0 spiro atoms. The molecule has 7 heteroatoms. The van der Waals surface area contributed by atoms with E-state index in [1.807, 2.05) is 33.8 Å². The molecule has 2 aromatic rings. The summed E-state index contributed by atoms with van der Waals surface area (Å²) in [6.45, 7) is 7.66. The summed E-state index contributed by atoms with van der Waals surface area (Å²) in [6.07, 6.45) is 0.833. The summed E-state index contributed by atoms with van der Waals surface area (Å²) < 4.78 is 0. The second-order valence-corrected chi connectivity index (χ2v) is 7.32. The molecule has 0 aliphatic carbocycles. The monoisotopic (exact) mass is 370 g/mol. The highest BCUT2D eigenvalue weighted by Gasteiger charge is 2.20. The fourth-order valence-corrected chi connectivity index (χ4v) is 2.35. The smallest absolute Gasteiger partial charge is 0.251 e. The molecule has 0 atom stereocenters. The van der Waals surface area contributed by atoms with Gasteiger partial charge in [-0.2, -0.15) is 0 Å². The molecule has 1 aromatic carbocycles. The van der Waals surface area contributed by atoms with E-state index in [4.69, 9.17) is 0 Å². The minimum absolute atomic E-state index is 0.0943. The molecule has 1 aromatic heterocycles. The predicted octanol–water partition coefficient (Wildman–Crippen LogP) is 2.49. The van der Waals surface area contributed by atoms with Crippen LogP contribution >= 0.6 is 0 Å². The lowest BCUT2D eigenvalue weighted by Gasteiger charge is -2.17. The standard InChI is InChI=1S/C20H26N4O3/c1-5-14-12-17(26)24-18(23-14)13-7-6-8-15(11-13)22-16(25)9-10-21-19(27)20(2,3)4/h6-8,11-12H,5,9-10H2,1-4H3,(H,21,27)(H,22,25)(H,23,24,26). The molecule has 2 rings (SSSR count). The van der Waals surface area contributed by atoms with Crippen LogP contribution in [0.5, 0.6) is 0 Å². The van der Waals surface area contributed by atoms with Crippen molar-refractivity contribution in [2.24, 2.45) is 5.41 Å². The average Bonchev–Trinajstić information content (AvgIpc) is 2.60. The molecule has 27 heavy (non-hydrogen) atoms. The molecule has 3 N–H and O–H groups in total. The lowest BCUT2D eigenvalue weighted by atomic mass is 9.96. The lowest BCUT2D eigenvalue weighted by molar-refractivity contribution is -0.128. The van der Waals surface area contributed by atoms with Crippen molar-refractivity contribution in [3.63, 3.8) is 0 Å². The van der Waals surface area contributed by atoms with Gasteiger partial charge < -0.3 is 15.6 Å². The van der Waals surface area contributed by atoms with Crippen molar-refractivity contribution in [2.75, 3.05) is 11.9 Å². The quantitative estimate of drug-likeness (QED) is 0.727. The topological polar surface area (TPSA) is 104 Å². The van der Waals surface area contributed by atoms with Crippen molar-refractivity contribution < 1.29 is 9.59 Å². The van der Waals surface area contributed by atoms with Crippen LogP contribution in [0.4, 0.5) is 5.69 Å². The first kappa shape index (κ1) is 20.4. The van der Waals surface area contributed by atoms with Gasteiger partial charge in [0.1, 0.15) is 5.82 Å². The van der Waals surface area contributed by atoms with Gasteiger partial charge >= 0.3 is 0 Å². The largest absolute Gasteiger partial charge is 0.355 e. The fraction of sp³-hybridized carbons (Fsp3) is 0.400. The number of nitrogens with zero attached hydrogens (tertiary/aromatic N) is 1. The van der Waals surface area contributed by atoms with Crippen LogP contribution in [0.2, 0.25) is 0 Å². The van der Waals surface area contributed by atoms with Gasteiger partial charge in [0.05, 0.1) is 0 Å². The van der Waals surface area contributed by atoms with E-state index >= 15 is 0 Å². The molecule has 0 saturated heterocycles. The first-order chi connectivity index (χ1) is 12.7. The molecule has 144 valence electrons.